The van der Waals surface area contributed by atoms with Gasteiger partial charge in [-0.15, -0.1) is 0 Å². The number of rotatable bonds is 5. The van der Waals surface area contributed by atoms with Crippen LogP contribution in [-0.4, -0.2) is 37.7 Å². The number of likely N-dealkylation sites (tertiary alicyclic amines) is 1. The molecule has 1 rings (SSSR count). The monoisotopic (exact) mass is 210 g/mol. The highest BCUT2D eigenvalue weighted by Crippen LogP contribution is 2.21. The average molecular weight is 210 g/mol. The van der Waals surface area contributed by atoms with Gasteiger partial charge in [0.1, 0.15) is 0 Å². The molecule has 0 N–H and O–H groups in total. The number of hydrogen-bond donors (Lipinski definition) is 0. The first-order valence-electron chi connectivity index (χ1n) is 5.74. The van der Waals surface area contributed by atoms with E-state index in [2.05, 4.69) is 11.0 Å². The summed E-state index contributed by atoms with van der Waals surface area (Å²) in [6, 6.07) is 2.34. The van der Waals surface area contributed by atoms with E-state index in [9.17, 15) is 0 Å². The van der Waals surface area contributed by atoms with Crippen LogP contribution in [0.2, 0.25) is 0 Å². The molecule has 1 saturated heterocycles. The van der Waals surface area contributed by atoms with Gasteiger partial charge in [-0.2, -0.15) is 5.26 Å². The summed E-state index contributed by atoms with van der Waals surface area (Å²) in [5.41, 5.74) is -0.166. The van der Waals surface area contributed by atoms with Gasteiger partial charge < -0.3 is 9.64 Å². The van der Waals surface area contributed by atoms with Gasteiger partial charge in [-0.05, 0) is 39.7 Å². The van der Waals surface area contributed by atoms with Crippen LogP contribution >= 0.6 is 0 Å². The van der Waals surface area contributed by atoms with E-state index in [1.807, 2.05) is 13.8 Å². The minimum Gasteiger partial charge on any atom is -0.380 e. The van der Waals surface area contributed by atoms with Gasteiger partial charge in [-0.1, -0.05) is 0 Å². The third-order valence-corrected chi connectivity index (χ3v) is 3.14. The molecule has 0 aromatic rings. The Bertz CT molecular complexity index is 232. The number of ether oxygens (including phenoxy) is 1. The van der Waals surface area contributed by atoms with Crippen LogP contribution in [0.25, 0.3) is 0 Å². The summed E-state index contributed by atoms with van der Waals surface area (Å²) >= 11 is 0. The largest absolute Gasteiger partial charge is 0.380 e. The zero-order valence-electron chi connectivity index (χ0n) is 10.1. The molecule has 0 bridgehead atoms. The molecule has 0 radical (unpaired) electrons. The summed E-state index contributed by atoms with van der Waals surface area (Å²) in [6.45, 7) is 7.32. The van der Waals surface area contributed by atoms with Gasteiger partial charge in [0.25, 0.3) is 0 Å². The van der Waals surface area contributed by atoms with E-state index in [4.69, 9.17) is 10.00 Å². The van der Waals surface area contributed by atoms with Crippen LogP contribution < -0.4 is 0 Å². The molecule has 0 saturated carbocycles. The van der Waals surface area contributed by atoms with Crippen molar-refractivity contribution in [1.29, 1.82) is 5.26 Å². The van der Waals surface area contributed by atoms with E-state index in [0.717, 1.165) is 38.9 Å². The molecule has 15 heavy (non-hydrogen) atoms. The SMILES string of the molecule is COC1CCN(CCCC(C)(C)C#N)C1. The molecule has 0 amide bonds. The molecular formula is C12H22N2O. The van der Waals surface area contributed by atoms with Crippen LogP contribution in [0.3, 0.4) is 0 Å². The van der Waals surface area contributed by atoms with E-state index in [1.165, 1.54) is 0 Å². The third-order valence-electron chi connectivity index (χ3n) is 3.14. The first-order valence-corrected chi connectivity index (χ1v) is 5.74. The van der Waals surface area contributed by atoms with Crippen LogP contribution in [0.15, 0.2) is 0 Å². The molecule has 0 aromatic heterocycles. The van der Waals surface area contributed by atoms with Crippen molar-refractivity contribution in [3.63, 3.8) is 0 Å². The molecule has 3 heteroatoms. The maximum absolute atomic E-state index is 8.88. The summed E-state index contributed by atoms with van der Waals surface area (Å²) in [6.07, 6.45) is 3.67. The van der Waals surface area contributed by atoms with E-state index in [0.29, 0.717) is 6.10 Å². The summed E-state index contributed by atoms with van der Waals surface area (Å²) < 4.78 is 5.32. The Hall–Kier alpha value is -0.590. The second-order valence-electron chi connectivity index (χ2n) is 5.05. The number of nitriles is 1. The Balaban J connectivity index is 2.14. The Kier molecular flexibility index (Phi) is 4.56. The quantitative estimate of drug-likeness (QED) is 0.696. The Labute approximate surface area is 93.0 Å². The smallest absolute Gasteiger partial charge is 0.0710 e. The van der Waals surface area contributed by atoms with Gasteiger partial charge in [0.2, 0.25) is 0 Å². The third kappa shape index (κ3) is 4.19. The zero-order chi connectivity index (χ0) is 11.3. The molecule has 1 atom stereocenters. The van der Waals surface area contributed by atoms with Crippen LogP contribution in [0, 0.1) is 16.7 Å². The van der Waals surface area contributed by atoms with E-state index < -0.39 is 0 Å². The zero-order valence-corrected chi connectivity index (χ0v) is 10.1. The lowest BCUT2D eigenvalue weighted by Gasteiger charge is -2.19. The molecule has 1 aliphatic heterocycles. The first kappa shape index (κ1) is 12.5. The van der Waals surface area contributed by atoms with Crippen molar-refractivity contribution >= 4 is 0 Å². The topological polar surface area (TPSA) is 36.3 Å². The predicted molar refractivity (Wildman–Crippen MR) is 60.5 cm³/mol. The molecule has 1 aliphatic rings. The number of methoxy groups -OCH3 is 1. The lowest BCUT2D eigenvalue weighted by atomic mass is 9.90. The van der Waals surface area contributed by atoms with Crippen molar-refractivity contribution in [3.8, 4) is 6.07 Å². The van der Waals surface area contributed by atoms with Gasteiger partial charge in [-0.3, -0.25) is 0 Å². The molecule has 1 unspecified atom stereocenters. The van der Waals surface area contributed by atoms with Crippen LogP contribution in [0.5, 0.6) is 0 Å². The molecular weight excluding hydrogens is 188 g/mol. The van der Waals surface area contributed by atoms with E-state index in [1.54, 1.807) is 7.11 Å². The van der Waals surface area contributed by atoms with Gasteiger partial charge in [0.15, 0.2) is 0 Å². The average Bonchev–Trinajstić information content (AvgIpc) is 2.66. The van der Waals surface area contributed by atoms with Crippen molar-refractivity contribution in [2.45, 2.75) is 39.2 Å². The van der Waals surface area contributed by atoms with E-state index >= 15 is 0 Å². The lowest BCUT2D eigenvalue weighted by Crippen LogP contribution is -2.25. The highest BCUT2D eigenvalue weighted by molar-refractivity contribution is 4.91. The predicted octanol–water partition coefficient (Wildman–Crippen LogP) is 2.04. The van der Waals surface area contributed by atoms with Crippen molar-refractivity contribution < 1.29 is 4.74 Å². The molecule has 0 aromatic carbocycles. The Morgan fingerprint density at radius 2 is 2.27 bits per heavy atom. The summed E-state index contributed by atoms with van der Waals surface area (Å²) in [5.74, 6) is 0. The van der Waals surface area contributed by atoms with E-state index in [-0.39, 0.29) is 5.41 Å². The van der Waals surface area contributed by atoms with Crippen LogP contribution in [-0.2, 0) is 4.74 Å². The molecule has 0 spiro atoms. The first-order chi connectivity index (χ1) is 7.07. The van der Waals surface area contributed by atoms with Gasteiger partial charge in [0.05, 0.1) is 17.6 Å². The van der Waals surface area contributed by atoms with Gasteiger partial charge in [-0.25, -0.2) is 0 Å². The normalized spacial score (nSPS) is 22.9. The number of hydrogen-bond acceptors (Lipinski definition) is 3. The highest BCUT2D eigenvalue weighted by atomic mass is 16.5. The minimum absolute atomic E-state index is 0.166. The van der Waals surface area contributed by atoms with Crippen LogP contribution in [0.1, 0.15) is 33.1 Å². The van der Waals surface area contributed by atoms with Gasteiger partial charge in [0, 0.05) is 20.2 Å². The van der Waals surface area contributed by atoms with Crippen molar-refractivity contribution in [3.05, 3.63) is 0 Å². The highest BCUT2D eigenvalue weighted by Gasteiger charge is 2.22. The lowest BCUT2D eigenvalue weighted by molar-refractivity contribution is 0.107. The summed E-state index contributed by atoms with van der Waals surface area (Å²) in [4.78, 5) is 2.43. The minimum atomic E-state index is -0.166. The van der Waals surface area contributed by atoms with Gasteiger partial charge >= 0.3 is 0 Å². The second kappa shape index (κ2) is 5.48. The van der Waals surface area contributed by atoms with Crippen LogP contribution in [0.4, 0.5) is 0 Å². The fraction of sp³-hybridized carbons (Fsp3) is 0.917. The van der Waals surface area contributed by atoms with Crippen molar-refractivity contribution in [1.82, 2.24) is 4.90 Å². The molecule has 1 fully saturated rings. The second-order valence-corrected chi connectivity index (χ2v) is 5.05. The number of nitrogens with zero attached hydrogens (tertiary/aromatic N) is 2. The Morgan fingerprint density at radius 3 is 2.80 bits per heavy atom. The fourth-order valence-corrected chi connectivity index (χ4v) is 1.99. The maximum atomic E-state index is 8.88. The fourth-order valence-electron chi connectivity index (χ4n) is 1.99. The summed E-state index contributed by atoms with van der Waals surface area (Å²) in [7, 11) is 1.78. The molecule has 0 aliphatic carbocycles. The standard InChI is InChI=1S/C12H22N2O/c1-12(2,10-13)6-4-7-14-8-5-11(9-14)15-3/h11H,4-9H2,1-3H3. The molecule has 1 heterocycles. The molecule has 3 nitrogen and oxygen atoms in total. The summed E-state index contributed by atoms with van der Waals surface area (Å²) in [5, 5.41) is 8.88. The van der Waals surface area contributed by atoms with Crippen molar-refractivity contribution in [2.24, 2.45) is 5.41 Å². The Morgan fingerprint density at radius 1 is 1.53 bits per heavy atom. The molecule has 86 valence electrons. The maximum Gasteiger partial charge on any atom is 0.0710 e. The van der Waals surface area contributed by atoms with Crippen molar-refractivity contribution in [2.75, 3.05) is 26.7 Å².